The van der Waals surface area contributed by atoms with Crippen molar-refractivity contribution in [2.24, 2.45) is 0 Å². The molecule has 7 heteroatoms. The van der Waals surface area contributed by atoms with Crippen LogP contribution >= 0.6 is 0 Å². The molecule has 0 aliphatic carbocycles. The van der Waals surface area contributed by atoms with Crippen molar-refractivity contribution >= 4 is 12.1 Å². The first-order chi connectivity index (χ1) is 8.81. The minimum absolute atomic E-state index is 0.148. The van der Waals surface area contributed by atoms with Crippen molar-refractivity contribution in [1.29, 1.82) is 0 Å². The van der Waals surface area contributed by atoms with Gasteiger partial charge in [-0.1, -0.05) is 0 Å². The third-order valence-electron chi connectivity index (χ3n) is 2.42. The summed E-state index contributed by atoms with van der Waals surface area (Å²) in [7, 11) is 1.33. The van der Waals surface area contributed by atoms with Gasteiger partial charge in [-0.05, 0) is 20.8 Å². The van der Waals surface area contributed by atoms with E-state index in [1.165, 1.54) is 7.11 Å². The van der Waals surface area contributed by atoms with Gasteiger partial charge in [-0.15, -0.1) is 0 Å². The summed E-state index contributed by atoms with van der Waals surface area (Å²) < 4.78 is 15.0. The maximum absolute atomic E-state index is 11.5. The van der Waals surface area contributed by atoms with Crippen LogP contribution in [-0.2, 0) is 19.0 Å². The van der Waals surface area contributed by atoms with E-state index in [2.05, 4.69) is 15.4 Å². The predicted octanol–water partition coefficient (Wildman–Crippen LogP) is 0.0411. The fourth-order valence-corrected chi connectivity index (χ4v) is 1.63. The van der Waals surface area contributed by atoms with Gasteiger partial charge >= 0.3 is 12.1 Å². The Bertz CT molecular complexity index is 327. The van der Waals surface area contributed by atoms with Crippen LogP contribution in [0.4, 0.5) is 4.79 Å². The van der Waals surface area contributed by atoms with Gasteiger partial charge in [-0.25, -0.2) is 4.79 Å². The van der Waals surface area contributed by atoms with Gasteiger partial charge < -0.3 is 19.5 Å². The summed E-state index contributed by atoms with van der Waals surface area (Å²) in [6, 6.07) is -0.644. The zero-order chi connectivity index (χ0) is 14.5. The lowest BCUT2D eigenvalue weighted by Crippen LogP contribution is -2.56. The SMILES string of the molecule is COC(=O)[C@@H]1COC[C@H](CNC(=O)OC(C)(C)C)N1. The normalized spacial score (nSPS) is 23.6. The molecular formula is C12H22N2O5. The van der Waals surface area contributed by atoms with E-state index in [0.717, 1.165) is 0 Å². The van der Waals surface area contributed by atoms with Crippen LogP contribution in [0.3, 0.4) is 0 Å². The van der Waals surface area contributed by atoms with E-state index in [-0.39, 0.29) is 18.6 Å². The molecule has 1 fully saturated rings. The number of esters is 1. The molecule has 1 aliphatic heterocycles. The average Bonchev–Trinajstić information content (AvgIpc) is 2.34. The van der Waals surface area contributed by atoms with Gasteiger partial charge in [-0.2, -0.15) is 0 Å². The Balaban J connectivity index is 2.33. The molecule has 0 bridgehead atoms. The van der Waals surface area contributed by atoms with Gasteiger partial charge in [0.25, 0.3) is 0 Å². The van der Waals surface area contributed by atoms with Crippen molar-refractivity contribution < 1.29 is 23.8 Å². The van der Waals surface area contributed by atoms with E-state index >= 15 is 0 Å². The number of nitrogens with one attached hydrogen (secondary N) is 2. The highest BCUT2D eigenvalue weighted by Gasteiger charge is 2.28. The zero-order valence-corrected chi connectivity index (χ0v) is 11.8. The lowest BCUT2D eigenvalue weighted by Gasteiger charge is -2.29. The standard InChI is InChI=1S/C12H22N2O5/c1-12(2,3)19-11(16)13-5-8-6-18-7-9(14-8)10(15)17-4/h8-9,14H,5-7H2,1-4H3,(H,13,16)/t8-,9-/m0/s1. The zero-order valence-electron chi connectivity index (χ0n) is 11.8. The minimum atomic E-state index is -0.533. The second kappa shape index (κ2) is 6.72. The van der Waals surface area contributed by atoms with Gasteiger partial charge in [0.2, 0.25) is 0 Å². The van der Waals surface area contributed by atoms with Gasteiger partial charge in [0.1, 0.15) is 11.6 Å². The van der Waals surface area contributed by atoms with Gasteiger partial charge in [-0.3, -0.25) is 10.1 Å². The number of morpholine rings is 1. The van der Waals surface area contributed by atoms with Gasteiger partial charge in [0.15, 0.2) is 0 Å². The Morgan fingerprint density at radius 1 is 1.37 bits per heavy atom. The summed E-state index contributed by atoms with van der Waals surface area (Å²) in [6.07, 6.45) is -0.491. The molecule has 1 heterocycles. The third-order valence-corrected chi connectivity index (χ3v) is 2.42. The summed E-state index contributed by atoms with van der Waals surface area (Å²) in [5.41, 5.74) is -0.533. The highest BCUT2D eigenvalue weighted by atomic mass is 16.6. The highest BCUT2D eigenvalue weighted by Crippen LogP contribution is 2.06. The number of amides is 1. The number of ether oxygens (including phenoxy) is 3. The summed E-state index contributed by atoms with van der Waals surface area (Å²) >= 11 is 0. The summed E-state index contributed by atoms with van der Waals surface area (Å²) in [4.78, 5) is 22.8. The average molecular weight is 274 g/mol. The van der Waals surface area contributed by atoms with Crippen LogP contribution in [0.1, 0.15) is 20.8 Å². The molecule has 0 aromatic rings. The van der Waals surface area contributed by atoms with Crippen LogP contribution in [0.15, 0.2) is 0 Å². The molecule has 0 spiro atoms. The molecule has 1 saturated heterocycles. The van der Waals surface area contributed by atoms with Crippen molar-refractivity contribution in [3.63, 3.8) is 0 Å². The molecule has 1 rings (SSSR count). The first-order valence-electron chi connectivity index (χ1n) is 6.20. The molecule has 19 heavy (non-hydrogen) atoms. The molecule has 0 radical (unpaired) electrons. The van der Waals surface area contributed by atoms with Gasteiger partial charge in [0.05, 0.1) is 20.3 Å². The summed E-state index contributed by atoms with van der Waals surface area (Å²) in [6.45, 7) is 6.40. The lowest BCUT2D eigenvalue weighted by molar-refractivity contribution is -0.147. The molecule has 0 saturated carbocycles. The number of hydrogen-bond acceptors (Lipinski definition) is 6. The molecule has 0 unspecified atom stereocenters. The number of hydrogen-bond donors (Lipinski definition) is 2. The van der Waals surface area contributed by atoms with Gasteiger partial charge in [0, 0.05) is 12.6 Å². The largest absolute Gasteiger partial charge is 0.468 e. The molecule has 0 aromatic carbocycles. The number of carbonyl (C=O) groups is 2. The maximum Gasteiger partial charge on any atom is 0.407 e. The van der Waals surface area contributed by atoms with Crippen molar-refractivity contribution in [2.45, 2.75) is 38.5 Å². The van der Waals surface area contributed by atoms with Crippen LogP contribution in [0, 0.1) is 0 Å². The van der Waals surface area contributed by atoms with Crippen LogP contribution in [0.2, 0.25) is 0 Å². The van der Waals surface area contributed by atoms with E-state index in [1.807, 2.05) is 0 Å². The Kier molecular flexibility index (Phi) is 5.56. The Morgan fingerprint density at radius 3 is 2.63 bits per heavy atom. The predicted molar refractivity (Wildman–Crippen MR) is 67.8 cm³/mol. The fraction of sp³-hybridized carbons (Fsp3) is 0.833. The fourth-order valence-electron chi connectivity index (χ4n) is 1.63. The summed E-state index contributed by atoms with van der Waals surface area (Å²) in [5, 5.41) is 5.68. The van der Waals surface area contributed by atoms with Crippen LogP contribution < -0.4 is 10.6 Å². The van der Waals surface area contributed by atoms with E-state index in [1.54, 1.807) is 20.8 Å². The van der Waals surface area contributed by atoms with E-state index in [0.29, 0.717) is 13.2 Å². The minimum Gasteiger partial charge on any atom is -0.468 e. The third kappa shape index (κ3) is 5.89. The second-order valence-corrected chi connectivity index (χ2v) is 5.36. The second-order valence-electron chi connectivity index (χ2n) is 5.36. The molecule has 7 nitrogen and oxygen atoms in total. The van der Waals surface area contributed by atoms with E-state index in [4.69, 9.17) is 9.47 Å². The lowest BCUT2D eigenvalue weighted by atomic mass is 10.2. The summed E-state index contributed by atoms with van der Waals surface area (Å²) in [5.74, 6) is -0.373. The molecule has 1 amide bonds. The number of alkyl carbamates (subject to hydrolysis) is 1. The number of rotatable bonds is 3. The van der Waals surface area contributed by atoms with E-state index in [9.17, 15) is 9.59 Å². The first-order valence-corrected chi connectivity index (χ1v) is 6.20. The molecule has 2 atom stereocenters. The molecular weight excluding hydrogens is 252 g/mol. The maximum atomic E-state index is 11.5. The first kappa shape index (κ1) is 15.7. The van der Waals surface area contributed by atoms with Crippen molar-refractivity contribution in [3.8, 4) is 0 Å². The van der Waals surface area contributed by atoms with E-state index < -0.39 is 17.7 Å². The molecule has 0 aromatic heterocycles. The Morgan fingerprint density at radius 2 is 2.05 bits per heavy atom. The van der Waals surface area contributed by atoms with Crippen LogP contribution in [-0.4, -0.2) is 56.6 Å². The molecule has 1 aliphatic rings. The van der Waals surface area contributed by atoms with Crippen molar-refractivity contribution in [3.05, 3.63) is 0 Å². The van der Waals surface area contributed by atoms with Crippen molar-refractivity contribution in [2.75, 3.05) is 26.9 Å². The van der Waals surface area contributed by atoms with Crippen LogP contribution in [0.25, 0.3) is 0 Å². The Labute approximate surface area is 113 Å². The topological polar surface area (TPSA) is 85.9 Å². The molecule has 110 valence electrons. The highest BCUT2D eigenvalue weighted by molar-refractivity contribution is 5.76. The van der Waals surface area contributed by atoms with Crippen molar-refractivity contribution in [1.82, 2.24) is 10.6 Å². The number of carbonyl (C=O) groups excluding carboxylic acids is 2. The monoisotopic (exact) mass is 274 g/mol. The quantitative estimate of drug-likeness (QED) is 0.707. The number of methoxy groups -OCH3 is 1. The molecule has 2 N–H and O–H groups in total. The Hall–Kier alpha value is -1.34. The smallest absolute Gasteiger partial charge is 0.407 e. The van der Waals surface area contributed by atoms with Crippen LogP contribution in [0.5, 0.6) is 0 Å².